The monoisotopic (exact) mass is 411 g/mol. The Balaban J connectivity index is 1.82. The summed E-state index contributed by atoms with van der Waals surface area (Å²) in [5.74, 6) is -0.0924. The maximum atomic E-state index is 12.8. The predicted octanol–water partition coefficient (Wildman–Crippen LogP) is 5.07. The minimum Gasteiger partial charge on any atom is -0.356 e. The van der Waals surface area contributed by atoms with Gasteiger partial charge in [-0.1, -0.05) is 30.3 Å². The van der Waals surface area contributed by atoms with Crippen molar-refractivity contribution < 1.29 is 18.0 Å². The number of hydrogen-bond donors (Lipinski definition) is 2. The van der Waals surface area contributed by atoms with Crippen LogP contribution < -0.4 is 5.32 Å². The number of carbonyl (C=O) groups is 1. The lowest BCUT2D eigenvalue weighted by molar-refractivity contribution is -0.137. The van der Waals surface area contributed by atoms with Gasteiger partial charge in [0.05, 0.1) is 10.3 Å². The van der Waals surface area contributed by atoms with E-state index < -0.39 is 16.5 Å². The first-order valence-corrected chi connectivity index (χ1v) is 9.92. The SMILES string of the molecule is CC(=O)NCCC1(S)c2ccccc2SC1Cc1ccc(C(F)(F)F)cc1. The topological polar surface area (TPSA) is 29.1 Å². The fourth-order valence-electron chi connectivity index (χ4n) is 3.33. The molecule has 0 bridgehead atoms. The first kappa shape index (κ1) is 20.1. The van der Waals surface area contributed by atoms with E-state index in [1.54, 1.807) is 11.8 Å². The molecule has 2 nitrogen and oxygen atoms in total. The number of thioether (sulfide) groups is 1. The third kappa shape index (κ3) is 4.46. The lowest BCUT2D eigenvalue weighted by atomic mass is 9.88. The lowest BCUT2D eigenvalue weighted by Gasteiger charge is -2.31. The summed E-state index contributed by atoms with van der Waals surface area (Å²) in [6.45, 7) is 1.97. The van der Waals surface area contributed by atoms with E-state index in [9.17, 15) is 18.0 Å². The first-order chi connectivity index (χ1) is 12.7. The minimum absolute atomic E-state index is 0.0590. The molecular weight excluding hydrogens is 391 g/mol. The molecule has 0 aliphatic carbocycles. The van der Waals surface area contributed by atoms with E-state index in [1.807, 2.05) is 24.3 Å². The molecule has 1 aliphatic rings. The zero-order valence-corrected chi connectivity index (χ0v) is 16.4. The van der Waals surface area contributed by atoms with Crippen LogP contribution in [0.3, 0.4) is 0 Å². The van der Waals surface area contributed by atoms with Crippen molar-refractivity contribution in [1.29, 1.82) is 0 Å². The second kappa shape index (κ2) is 7.80. The molecule has 0 fully saturated rings. The summed E-state index contributed by atoms with van der Waals surface area (Å²) in [6, 6.07) is 13.3. The Kier molecular flexibility index (Phi) is 5.82. The van der Waals surface area contributed by atoms with Crippen molar-refractivity contribution in [2.45, 2.75) is 40.8 Å². The van der Waals surface area contributed by atoms with E-state index in [-0.39, 0.29) is 11.2 Å². The van der Waals surface area contributed by atoms with Gasteiger partial charge in [0.1, 0.15) is 0 Å². The molecule has 144 valence electrons. The van der Waals surface area contributed by atoms with E-state index in [0.29, 0.717) is 19.4 Å². The molecule has 1 N–H and O–H groups in total. The van der Waals surface area contributed by atoms with E-state index in [2.05, 4.69) is 5.32 Å². The number of fused-ring (bicyclic) bond motifs is 1. The predicted molar refractivity (Wildman–Crippen MR) is 105 cm³/mol. The van der Waals surface area contributed by atoms with E-state index in [4.69, 9.17) is 12.6 Å². The number of rotatable bonds is 5. The van der Waals surface area contributed by atoms with Crippen molar-refractivity contribution in [2.75, 3.05) is 6.54 Å². The standard InChI is InChI=1S/C20H20F3NOS2/c1-13(25)24-11-10-19(26)16-4-2-3-5-17(16)27-18(19)12-14-6-8-15(9-7-14)20(21,22)23/h2-9,18,26H,10-12H2,1H3,(H,24,25). The third-order valence-electron chi connectivity index (χ3n) is 4.74. The van der Waals surface area contributed by atoms with Gasteiger partial charge in [-0.05, 0) is 42.2 Å². The highest BCUT2D eigenvalue weighted by molar-refractivity contribution is 8.01. The Morgan fingerprint density at radius 1 is 1.19 bits per heavy atom. The molecule has 1 aliphatic heterocycles. The van der Waals surface area contributed by atoms with Crippen molar-refractivity contribution in [3.05, 3.63) is 65.2 Å². The van der Waals surface area contributed by atoms with Crippen LogP contribution in [-0.4, -0.2) is 17.7 Å². The van der Waals surface area contributed by atoms with Crippen molar-refractivity contribution in [3.63, 3.8) is 0 Å². The molecule has 0 radical (unpaired) electrons. The van der Waals surface area contributed by atoms with Gasteiger partial charge in [0.25, 0.3) is 0 Å². The first-order valence-electron chi connectivity index (χ1n) is 8.59. The van der Waals surface area contributed by atoms with Crippen LogP contribution in [0.5, 0.6) is 0 Å². The van der Waals surface area contributed by atoms with Crippen molar-refractivity contribution in [3.8, 4) is 0 Å². The summed E-state index contributed by atoms with van der Waals surface area (Å²) < 4.78 is 37.9. The second-order valence-corrected chi connectivity index (χ2v) is 8.70. The molecule has 7 heteroatoms. The molecular formula is C20H20F3NOS2. The number of benzene rings is 2. The van der Waals surface area contributed by atoms with Gasteiger partial charge in [0.15, 0.2) is 0 Å². The molecule has 27 heavy (non-hydrogen) atoms. The number of hydrogen-bond acceptors (Lipinski definition) is 3. The highest BCUT2D eigenvalue weighted by Crippen LogP contribution is 2.54. The molecule has 1 heterocycles. The van der Waals surface area contributed by atoms with Gasteiger partial charge in [-0.25, -0.2) is 0 Å². The Morgan fingerprint density at radius 2 is 1.85 bits per heavy atom. The molecule has 2 aromatic carbocycles. The largest absolute Gasteiger partial charge is 0.416 e. The smallest absolute Gasteiger partial charge is 0.356 e. The van der Waals surface area contributed by atoms with E-state index >= 15 is 0 Å². The van der Waals surface area contributed by atoms with Gasteiger partial charge in [-0.3, -0.25) is 4.79 Å². The lowest BCUT2D eigenvalue weighted by Crippen LogP contribution is -2.34. The van der Waals surface area contributed by atoms with Crippen molar-refractivity contribution in [1.82, 2.24) is 5.32 Å². The van der Waals surface area contributed by atoms with Crippen LogP contribution in [0.25, 0.3) is 0 Å². The average Bonchev–Trinajstić information content (AvgIpc) is 2.87. The van der Waals surface area contributed by atoms with Gasteiger partial charge in [0, 0.05) is 23.6 Å². The van der Waals surface area contributed by atoms with Crippen LogP contribution in [-0.2, 0) is 22.1 Å². The van der Waals surface area contributed by atoms with Gasteiger partial charge in [-0.15, -0.1) is 11.8 Å². The zero-order valence-electron chi connectivity index (χ0n) is 14.7. The van der Waals surface area contributed by atoms with Gasteiger partial charge in [0.2, 0.25) is 5.91 Å². The van der Waals surface area contributed by atoms with Crippen LogP contribution in [0.1, 0.15) is 30.0 Å². The molecule has 3 rings (SSSR count). The summed E-state index contributed by atoms with van der Waals surface area (Å²) in [6.07, 6.45) is -3.09. The van der Waals surface area contributed by atoms with Gasteiger partial charge in [-0.2, -0.15) is 25.8 Å². The van der Waals surface area contributed by atoms with Crippen LogP contribution in [0.2, 0.25) is 0 Å². The average molecular weight is 412 g/mol. The number of alkyl halides is 3. The Labute approximate surface area is 166 Å². The molecule has 2 unspecified atom stereocenters. The number of amides is 1. The summed E-state index contributed by atoms with van der Waals surface area (Å²) in [4.78, 5) is 12.4. The zero-order chi connectivity index (χ0) is 19.7. The maximum Gasteiger partial charge on any atom is 0.416 e. The van der Waals surface area contributed by atoms with Gasteiger partial charge < -0.3 is 5.32 Å². The van der Waals surface area contributed by atoms with E-state index in [1.165, 1.54) is 19.1 Å². The summed E-state index contributed by atoms with van der Waals surface area (Å²) in [5, 5.41) is 2.87. The van der Waals surface area contributed by atoms with Crippen molar-refractivity contribution in [2.24, 2.45) is 0 Å². The highest BCUT2D eigenvalue weighted by Gasteiger charge is 2.44. The Bertz CT molecular complexity index is 823. The summed E-state index contributed by atoms with van der Waals surface area (Å²) in [7, 11) is 0. The van der Waals surface area contributed by atoms with E-state index in [0.717, 1.165) is 28.2 Å². The number of nitrogens with one attached hydrogen (secondary N) is 1. The number of thiol groups is 1. The number of carbonyl (C=O) groups excluding carboxylic acids is 1. The molecule has 0 aromatic heterocycles. The minimum atomic E-state index is -4.33. The molecule has 1 amide bonds. The maximum absolute atomic E-state index is 12.8. The molecule has 2 aromatic rings. The summed E-state index contributed by atoms with van der Waals surface area (Å²) in [5.41, 5.74) is 1.31. The Hall–Kier alpha value is -1.60. The third-order valence-corrected chi connectivity index (χ3v) is 7.15. The number of halogens is 3. The second-order valence-electron chi connectivity index (χ2n) is 6.66. The van der Waals surface area contributed by atoms with Crippen LogP contribution in [0, 0.1) is 0 Å². The fourth-order valence-corrected chi connectivity index (χ4v) is 5.52. The molecule has 0 saturated carbocycles. The normalized spacial score (nSPS) is 21.7. The van der Waals surface area contributed by atoms with Crippen LogP contribution in [0.15, 0.2) is 53.4 Å². The fraction of sp³-hybridized carbons (Fsp3) is 0.350. The molecule has 2 atom stereocenters. The van der Waals surface area contributed by atoms with Crippen LogP contribution >= 0.6 is 24.4 Å². The molecule has 0 spiro atoms. The highest BCUT2D eigenvalue weighted by atomic mass is 32.2. The van der Waals surface area contributed by atoms with Gasteiger partial charge >= 0.3 is 6.18 Å². The summed E-state index contributed by atoms with van der Waals surface area (Å²) >= 11 is 6.70. The van der Waals surface area contributed by atoms with Crippen LogP contribution in [0.4, 0.5) is 13.2 Å². The Morgan fingerprint density at radius 3 is 2.48 bits per heavy atom. The quantitative estimate of drug-likeness (QED) is 0.673. The molecule has 0 saturated heterocycles. The van der Waals surface area contributed by atoms with Crippen molar-refractivity contribution >= 4 is 30.3 Å².